The predicted molar refractivity (Wildman–Crippen MR) is 84.3 cm³/mol. The summed E-state index contributed by atoms with van der Waals surface area (Å²) in [7, 11) is 0. The summed E-state index contributed by atoms with van der Waals surface area (Å²) < 4.78 is 14.0. The lowest BCUT2D eigenvalue weighted by Gasteiger charge is -2.18. The van der Waals surface area contributed by atoms with E-state index >= 15 is 0 Å². The fourth-order valence-electron chi connectivity index (χ4n) is 2.35. The Hall–Kier alpha value is -2.69. The fourth-order valence-corrected chi connectivity index (χ4v) is 2.47. The molecule has 0 N–H and O–H groups in total. The molecule has 1 atom stereocenters. The molecule has 0 amide bonds. The van der Waals surface area contributed by atoms with Crippen LogP contribution in [0.3, 0.4) is 0 Å². The number of hydrogen-bond acceptors (Lipinski definition) is 3. The molecule has 5 heteroatoms. The number of hydrogen-bond donors (Lipinski definition) is 0. The van der Waals surface area contributed by atoms with Gasteiger partial charge in [-0.25, -0.2) is 4.39 Å². The van der Waals surface area contributed by atoms with Gasteiger partial charge in [0.25, 0.3) is 0 Å². The summed E-state index contributed by atoms with van der Waals surface area (Å²) >= 11 is 5.79. The quantitative estimate of drug-likeness (QED) is 0.760. The van der Waals surface area contributed by atoms with Crippen molar-refractivity contribution in [3.8, 4) is 12.1 Å². The molecule has 23 heavy (non-hydrogen) atoms. The summed E-state index contributed by atoms with van der Waals surface area (Å²) in [6.45, 7) is 0. The van der Waals surface area contributed by atoms with Gasteiger partial charge in [0.15, 0.2) is 5.78 Å². The van der Waals surface area contributed by atoms with Gasteiger partial charge in [0.2, 0.25) is 0 Å². The van der Waals surface area contributed by atoms with E-state index in [-0.39, 0.29) is 17.8 Å². The summed E-state index contributed by atoms with van der Waals surface area (Å²) in [6.07, 6.45) is -0.131. The first-order valence-corrected chi connectivity index (χ1v) is 7.27. The SMILES string of the molecule is N#CC(C#N)C(CC(=O)c1ccc(Cl)cc1)c1ccccc1F. The summed E-state index contributed by atoms with van der Waals surface area (Å²) in [4.78, 5) is 12.4. The van der Waals surface area contributed by atoms with Crippen molar-refractivity contribution in [3.05, 3.63) is 70.5 Å². The first kappa shape index (κ1) is 16.7. The maximum Gasteiger partial charge on any atom is 0.163 e. The fraction of sp³-hybridized carbons (Fsp3) is 0.167. The lowest BCUT2D eigenvalue weighted by Crippen LogP contribution is -2.16. The van der Waals surface area contributed by atoms with Crippen LogP contribution in [0.4, 0.5) is 4.39 Å². The van der Waals surface area contributed by atoms with Crippen LogP contribution < -0.4 is 0 Å². The molecule has 1 unspecified atom stereocenters. The van der Waals surface area contributed by atoms with Crippen LogP contribution in [-0.2, 0) is 0 Å². The van der Waals surface area contributed by atoms with Crippen LogP contribution in [0.5, 0.6) is 0 Å². The lowest BCUT2D eigenvalue weighted by atomic mass is 9.82. The van der Waals surface area contributed by atoms with Crippen molar-refractivity contribution in [1.82, 2.24) is 0 Å². The third-order valence-corrected chi connectivity index (χ3v) is 3.81. The molecule has 0 aliphatic rings. The van der Waals surface area contributed by atoms with Gasteiger partial charge in [-0.15, -0.1) is 0 Å². The zero-order valence-electron chi connectivity index (χ0n) is 12.0. The Labute approximate surface area is 138 Å². The number of nitrogens with zero attached hydrogens (tertiary/aromatic N) is 2. The number of ketones is 1. The number of nitriles is 2. The second-order valence-corrected chi connectivity index (χ2v) is 5.43. The molecule has 0 aliphatic heterocycles. The minimum absolute atomic E-state index is 0.131. The number of rotatable bonds is 5. The molecule has 0 aromatic heterocycles. The Morgan fingerprint density at radius 1 is 1.09 bits per heavy atom. The summed E-state index contributed by atoms with van der Waals surface area (Å²) in [5.74, 6) is -2.74. The number of carbonyl (C=O) groups is 1. The van der Waals surface area contributed by atoms with Gasteiger partial charge in [-0.05, 0) is 35.9 Å². The highest BCUT2D eigenvalue weighted by Gasteiger charge is 2.28. The highest BCUT2D eigenvalue weighted by molar-refractivity contribution is 6.30. The van der Waals surface area contributed by atoms with E-state index in [4.69, 9.17) is 22.1 Å². The molecule has 114 valence electrons. The molecule has 0 aliphatic carbocycles. The van der Waals surface area contributed by atoms with Crippen LogP contribution in [0.15, 0.2) is 48.5 Å². The Morgan fingerprint density at radius 3 is 2.26 bits per heavy atom. The van der Waals surface area contributed by atoms with Crippen LogP contribution in [0.1, 0.15) is 28.3 Å². The average Bonchev–Trinajstić information content (AvgIpc) is 2.56. The van der Waals surface area contributed by atoms with Gasteiger partial charge in [-0.3, -0.25) is 4.79 Å². The Kier molecular flexibility index (Phi) is 5.46. The molecule has 0 heterocycles. The van der Waals surface area contributed by atoms with Crippen molar-refractivity contribution in [2.45, 2.75) is 12.3 Å². The molecular formula is C18H12ClFN2O. The van der Waals surface area contributed by atoms with Crippen LogP contribution in [-0.4, -0.2) is 5.78 Å². The van der Waals surface area contributed by atoms with Crippen LogP contribution in [0.25, 0.3) is 0 Å². The van der Waals surface area contributed by atoms with Gasteiger partial charge in [0.05, 0.1) is 12.1 Å². The summed E-state index contributed by atoms with van der Waals surface area (Å²) in [6, 6.07) is 15.9. The Bertz CT molecular complexity index is 776. The van der Waals surface area contributed by atoms with Crippen LogP contribution >= 0.6 is 11.6 Å². The summed E-state index contributed by atoms with van der Waals surface area (Å²) in [5, 5.41) is 18.8. The Balaban J connectivity index is 2.34. The monoisotopic (exact) mass is 326 g/mol. The minimum Gasteiger partial charge on any atom is -0.294 e. The number of halogens is 2. The first-order valence-electron chi connectivity index (χ1n) is 6.89. The van der Waals surface area contributed by atoms with Gasteiger partial charge in [0, 0.05) is 22.9 Å². The predicted octanol–water partition coefficient (Wildman–Crippen LogP) is 4.50. The smallest absolute Gasteiger partial charge is 0.163 e. The van der Waals surface area contributed by atoms with Gasteiger partial charge in [0.1, 0.15) is 11.7 Å². The van der Waals surface area contributed by atoms with E-state index in [1.807, 2.05) is 12.1 Å². The summed E-state index contributed by atoms with van der Waals surface area (Å²) in [5.41, 5.74) is 0.605. The highest BCUT2D eigenvalue weighted by Crippen LogP contribution is 2.31. The molecule has 0 saturated carbocycles. The molecule has 0 radical (unpaired) electrons. The van der Waals surface area contributed by atoms with E-state index in [1.165, 1.54) is 18.2 Å². The highest BCUT2D eigenvalue weighted by atomic mass is 35.5. The van der Waals surface area contributed by atoms with Gasteiger partial charge in [-0.1, -0.05) is 29.8 Å². The zero-order valence-corrected chi connectivity index (χ0v) is 12.8. The van der Waals surface area contributed by atoms with Crippen LogP contribution in [0, 0.1) is 34.4 Å². The van der Waals surface area contributed by atoms with E-state index in [9.17, 15) is 9.18 Å². The Morgan fingerprint density at radius 2 is 1.70 bits per heavy atom. The van der Waals surface area contributed by atoms with E-state index in [0.717, 1.165) is 0 Å². The number of benzene rings is 2. The molecule has 0 fully saturated rings. The van der Waals surface area contributed by atoms with Crippen molar-refractivity contribution in [3.63, 3.8) is 0 Å². The van der Waals surface area contributed by atoms with E-state index in [0.29, 0.717) is 10.6 Å². The largest absolute Gasteiger partial charge is 0.294 e. The van der Waals surface area contributed by atoms with Crippen molar-refractivity contribution in [2.75, 3.05) is 0 Å². The van der Waals surface area contributed by atoms with E-state index < -0.39 is 17.7 Å². The molecule has 0 saturated heterocycles. The standard InChI is InChI=1S/C18H12ClFN2O/c19-14-7-5-12(6-8-14)18(23)9-16(13(10-21)11-22)15-3-1-2-4-17(15)20/h1-8,13,16H,9H2. The third-order valence-electron chi connectivity index (χ3n) is 3.56. The van der Waals surface area contributed by atoms with Crippen molar-refractivity contribution in [1.29, 1.82) is 10.5 Å². The van der Waals surface area contributed by atoms with Gasteiger partial charge < -0.3 is 0 Å². The van der Waals surface area contributed by atoms with E-state index in [2.05, 4.69) is 0 Å². The van der Waals surface area contributed by atoms with Gasteiger partial charge >= 0.3 is 0 Å². The van der Waals surface area contributed by atoms with Crippen molar-refractivity contribution >= 4 is 17.4 Å². The first-order chi connectivity index (χ1) is 11.1. The number of Topliss-reactive ketones (excluding diaryl/α,β-unsaturated/α-hetero) is 1. The second-order valence-electron chi connectivity index (χ2n) is 5.00. The number of carbonyl (C=O) groups excluding carboxylic acids is 1. The lowest BCUT2D eigenvalue weighted by molar-refractivity contribution is 0.0970. The third kappa shape index (κ3) is 3.94. The molecule has 0 spiro atoms. The van der Waals surface area contributed by atoms with Gasteiger partial charge in [-0.2, -0.15) is 10.5 Å². The molecule has 0 bridgehead atoms. The van der Waals surface area contributed by atoms with Crippen molar-refractivity contribution in [2.24, 2.45) is 5.92 Å². The molecule has 2 rings (SSSR count). The van der Waals surface area contributed by atoms with E-state index in [1.54, 1.807) is 30.3 Å². The molecule has 3 nitrogen and oxygen atoms in total. The normalized spacial score (nSPS) is 11.5. The average molecular weight is 327 g/mol. The maximum absolute atomic E-state index is 14.0. The maximum atomic E-state index is 14.0. The van der Waals surface area contributed by atoms with Crippen molar-refractivity contribution < 1.29 is 9.18 Å². The molecule has 2 aromatic carbocycles. The molecular weight excluding hydrogens is 315 g/mol. The minimum atomic E-state index is -1.11. The second kappa shape index (κ2) is 7.54. The topological polar surface area (TPSA) is 64.7 Å². The van der Waals surface area contributed by atoms with Crippen LogP contribution in [0.2, 0.25) is 5.02 Å². The zero-order chi connectivity index (χ0) is 16.8. The molecule has 2 aromatic rings.